The van der Waals surface area contributed by atoms with Gasteiger partial charge in [0.25, 0.3) is 0 Å². The molecule has 0 aliphatic heterocycles. The fourth-order valence-electron chi connectivity index (χ4n) is 1.54. The van der Waals surface area contributed by atoms with E-state index in [0.717, 1.165) is 26.2 Å². The quantitative estimate of drug-likeness (QED) is 0.787. The summed E-state index contributed by atoms with van der Waals surface area (Å²) in [4.78, 5) is 10.0. The summed E-state index contributed by atoms with van der Waals surface area (Å²) in [6, 6.07) is 0. The first kappa shape index (κ1) is 13.4. The van der Waals surface area contributed by atoms with Gasteiger partial charge in [-0.2, -0.15) is 0 Å². The lowest BCUT2D eigenvalue weighted by Crippen LogP contribution is -2.31. The molecule has 1 rings (SSSR count). The van der Waals surface area contributed by atoms with Crippen molar-refractivity contribution in [3.05, 3.63) is 11.1 Å². The number of anilines is 1. The average Bonchev–Trinajstić information content (AvgIpc) is 2.61. The minimum Gasteiger partial charge on any atom is -0.375 e. The molecule has 0 saturated carbocycles. The zero-order valence-electron chi connectivity index (χ0n) is 10.4. The van der Waals surface area contributed by atoms with Crippen molar-refractivity contribution in [3.63, 3.8) is 0 Å². The Kier molecular flexibility index (Phi) is 5.73. The summed E-state index contributed by atoms with van der Waals surface area (Å²) >= 11 is 1.59. The number of nitrogen functional groups attached to an aromatic ring is 1. The van der Waals surface area contributed by atoms with Gasteiger partial charge in [0.05, 0.1) is 0 Å². The largest absolute Gasteiger partial charge is 0.375 e. The molecule has 0 aliphatic carbocycles. The number of aromatic nitrogens is 1. The van der Waals surface area contributed by atoms with Crippen LogP contribution in [0.3, 0.4) is 0 Å². The number of hydrogen-bond acceptors (Lipinski definition) is 5. The van der Waals surface area contributed by atoms with E-state index in [1.807, 2.05) is 6.20 Å². The molecule has 2 N–H and O–H groups in total. The van der Waals surface area contributed by atoms with Gasteiger partial charge >= 0.3 is 0 Å². The lowest BCUT2D eigenvalue weighted by Gasteiger charge is -2.22. The smallest absolute Gasteiger partial charge is 0.180 e. The first-order chi connectivity index (χ1) is 7.61. The Morgan fingerprint density at radius 1 is 1.31 bits per heavy atom. The van der Waals surface area contributed by atoms with E-state index in [1.165, 1.54) is 11.3 Å². The summed E-state index contributed by atoms with van der Waals surface area (Å²) in [6.45, 7) is 6.50. The normalized spacial score (nSPS) is 11.6. The molecule has 0 fully saturated rings. The number of thiazole rings is 1. The minimum atomic E-state index is 0.666. The number of nitrogens with zero attached hydrogens (tertiary/aromatic N) is 3. The molecule has 0 aromatic carbocycles. The maximum Gasteiger partial charge on any atom is 0.180 e. The molecule has 0 aliphatic rings. The van der Waals surface area contributed by atoms with Crippen molar-refractivity contribution in [1.82, 2.24) is 14.8 Å². The highest BCUT2D eigenvalue weighted by Crippen LogP contribution is 2.16. The van der Waals surface area contributed by atoms with Gasteiger partial charge in [-0.05, 0) is 27.1 Å². The topological polar surface area (TPSA) is 45.4 Å². The van der Waals surface area contributed by atoms with E-state index in [0.29, 0.717) is 5.13 Å². The Balaban J connectivity index is 2.43. The Bertz CT molecular complexity index is 298. The van der Waals surface area contributed by atoms with Gasteiger partial charge in [-0.25, -0.2) is 4.98 Å². The predicted molar refractivity (Wildman–Crippen MR) is 70.6 cm³/mol. The summed E-state index contributed by atoms with van der Waals surface area (Å²) in [5.74, 6) is 0. The highest BCUT2D eigenvalue weighted by molar-refractivity contribution is 7.15. The predicted octanol–water partition coefficient (Wildman–Crippen LogP) is 1.50. The molecule has 1 aromatic heterocycles. The second-order valence-electron chi connectivity index (χ2n) is 4.24. The van der Waals surface area contributed by atoms with Crippen LogP contribution in [0.4, 0.5) is 5.13 Å². The molecule has 1 heterocycles. The minimum absolute atomic E-state index is 0.666. The van der Waals surface area contributed by atoms with E-state index in [-0.39, 0.29) is 0 Å². The molecule has 92 valence electrons. The van der Waals surface area contributed by atoms with Gasteiger partial charge in [0.1, 0.15) is 0 Å². The SMILES string of the molecule is CCCN(CCN(C)C)Cc1cnc(N)s1. The number of nitrogens with two attached hydrogens (primary N) is 1. The second kappa shape index (κ2) is 6.83. The van der Waals surface area contributed by atoms with Crippen LogP contribution in [0.1, 0.15) is 18.2 Å². The monoisotopic (exact) mass is 242 g/mol. The van der Waals surface area contributed by atoms with E-state index in [4.69, 9.17) is 5.73 Å². The number of hydrogen-bond donors (Lipinski definition) is 1. The average molecular weight is 242 g/mol. The Hall–Kier alpha value is -0.650. The maximum absolute atomic E-state index is 5.63. The van der Waals surface area contributed by atoms with E-state index in [2.05, 4.69) is 35.8 Å². The fraction of sp³-hybridized carbons (Fsp3) is 0.727. The molecule has 0 atom stereocenters. The molecule has 0 saturated heterocycles. The van der Waals surface area contributed by atoms with Crippen molar-refractivity contribution in [2.45, 2.75) is 19.9 Å². The van der Waals surface area contributed by atoms with Crippen LogP contribution in [0.5, 0.6) is 0 Å². The van der Waals surface area contributed by atoms with Gasteiger partial charge in [-0.1, -0.05) is 6.92 Å². The highest BCUT2D eigenvalue weighted by atomic mass is 32.1. The zero-order chi connectivity index (χ0) is 12.0. The lowest BCUT2D eigenvalue weighted by atomic mass is 10.3. The summed E-state index contributed by atoms with van der Waals surface area (Å²) in [5, 5.41) is 0.666. The molecular formula is C11H22N4S. The third-order valence-corrected chi connectivity index (χ3v) is 3.17. The molecule has 0 bridgehead atoms. The first-order valence-electron chi connectivity index (χ1n) is 5.69. The third-order valence-electron chi connectivity index (χ3n) is 2.35. The van der Waals surface area contributed by atoms with Crippen molar-refractivity contribution in [2.75, 3.05) is 39.5 Å². The van der Waals surface area contributed by atoms with Crippen LogP contribution < -0.4 is 5.73 Å². The fourth-order valence-corrected chi connectivity index (χ4v) is 2.27. The van der Waals surface area contributed by atoms with Gasteiger partial charge < -0.3 is 10.6 Å². The van der Waals surface area contributed by atoms with Crippen molar-refractivity contribution in [1.29, 1.82) is 0 Å². The van der Waals surface area contributed by atoms with E-state index < -0.39 is 0 Å². The van der Waals surface area contributed by atoms with Crippen molar-refractivity contribution < 1.29 is 0 Å². The second-order valence-corrected chi connectivity index (χ2v) is 5.39. The Morgan fingerprint density at radius 3 is 2.56 bits per heavy atom. The van der Waals surface area contributed by atoms with Gasteiger partial charge in [-0.3, -0.25) is 4.90 Å². The van der Waals surface area contributed by atoms with Crippen molar-refractivity contribution in [2.24, 2.45) is 0 Å². The molecule has 0 radical (unpaired) electrons. The molecule has 1 aromatic rings. The van der Waals surface area contributed by atoms with Gasteiger partial charge in [0, 0.05) is 30.7 Å². The summed E-state index contributed by atoms with van der Waals surface area (Å²) in [5.41, 5.74) is 5.63. The van der Waals surface area contributed by atoms with E-state index in [9.17, 15) is 0 Å². The van der Waals surface area contributed by atoms with E-state index >= 15 is 0 Å². The van der Waals surface area contributed by atoms with Crippen molar-refractivity contribution in [3.8, 4) is 0 Å². The molecule has 4 nitrogen and oxygen atoms in total. The highest BCUT2D eigenvalue weighted by Gasteiger charge is 2.07. The van der Waals surface area contributed by atoms with Crippen LogP contribution in [-0.4, -0.2) is 48.5 Å². The van der Waals surface area contributed by atoms with Gasteiger partial charge in [0.15, 0.2) is 5.13 Å². The van der Waals surface area contributed by atoms with Crippen LogP contribution in [-0.2, 0) is 6.54 Å². The van der Waals surface area contributed by atoms with Crippen LogP contribution in [0.15, 0.2) is 6.20 Å². The van der Waals surface area contributed by atoms with Crippen LogP contribution in [0, 0.1) is 0 Å². The van der Waals surface area contributed by atoms with Crippen molar-refractivity contribution >= 4 is 16.5 Å². The Morgan fingerprint density at radius 2 is 2.06 bits per heavy atom. The summed E-state index contributed by atoms with van der Waals surface area (Å²) in [6.07, 6.45) is 3.07. The van der Waals surface area contributed by atoms with Crippen LogP contribution in [0.2, 0.25) is 0 Å². The zero-order valence-corrected chi connectivity index (χ0v) is 11.3. The van der Waals surface area contributed by atoms with Gasteiger partial charge in [-0.15, -0.1) is 11.3 Å². The summed E-state index contributed by atoms with van der Waals surface area (Å²) in [7, 11) is 4.21. The first-order valence-corrected chi connectivity index (χ1v) is 6.50. The van der Waals surface area contributed by atoms with Crippen LogP contribution in [0.25, 0.3) is 0 Å². The Labute approximate surface area is 102 Å². The van der Waals surface area contributed by atoms with Crippen LogP contribution >= 0.6 is 11.3 Å². The lowest BCUT2D eigenvalue weighted by molar-refractivity contribution is 0.235. The molecule has 16 heavy (non-hydrogen) atoms. The molecular weight excluding hydrogens is 220 g/mol. The third kappa shape index (κ3) is 4.92. The number of rotatable bonds is 7. The standard InChI is InChI=1S/C11H22N4S/c1-4-5-15(7-6-14(2)3)9-10-8-13-11(12)16-10/h8H,4-7,9H2,1-3H3,(H2,12,13). The maximum atomic E-state index is 5.63. The molecule has 0 unspecified atom stereocenters. The molecule has 5 heteroatoms. The molecule has 0 amide bonds. The van der Waals surface area contributed by atoms with E-state index in [1.54, 1.807) is 11.3 Å². The summed E-state index contributed by atoms with van der Waals surface area (Å²) < 4.78 is 0. The number of likely N-dealkylation sites (N-methyl/N-ethyl adjacent to an activating group) is 1. The van der Waals surface area contributed by atoms with Gasteiger partial charge in [0.2, 0.25) is 0 Å². The molecule has 0 spiro atoms.